The number of unbranched alkanes of at least 4 members (excludes halogenated alkanes) is 14. The molecule has 0 saturated carbocycles. The maximum atomic E-state index is 2.41. The first-order valence-electron chi connectivity index (χ1n) is 14.0. The van der Waals surface area contributed by atoms with Crippen LogP contribution in [-0.4, -0.2) is 19.6 Å². The fourth-order valence-corrected chi connectivity index (χ4v) is 5.16. The SMILES string of the molecule is CCCCCCCCCCCCCCCC[N+](CC)(CCCC)c1cccc(C)c1C.[Br-]. The van der Waals surface area contributed by atoms with Crippen LogP contribution < -0.4 is 21.5 Å². The van der Waals surface area contributed by atoms with Crippen molar-refractivity contribution in [2.45, 2.75) is 137 Å². The van der Waals surface area contributed by atoms with E-state index in [2.05, 4.69) is 52.8 Å². The van der Waals surface area contributed by atoms with Crippen molar-refractivity contribution in [1.29, 1.82) is 0 Å². The van der Waals surface area contributed by atoms with Crippen LogP contribution >= 0.6 is 0 Å². The number of nitrogens with zero attached hydrogens (tertiary/aromatic N) is 1. The molecule has 0 heterocycles. The van der Waals surface area contributed by atoms with Crippen LogP contribution in [0.3, 0.4) is 0 Å². The molecule has 0 radical (unpaired) electrons. The number of quaternary nitrogens is 1. The summed E-state index contributed by atoms with van der Waals surface area (Å²) in [6.07, 6.45) is 22.8. The van der Waals surface area contributed by atoms with Crippen molar-refractivity contribution in [3.05, 3.63) is 29.3 Å². The van der Waals surface area contributed by atoms with Crippen LogP contribution in [0.2, 0.25) is 0 Å². The molecule has 0 bridgehead atoms. The smallest absolute Gasteiger partial charge is 0.136 e. The molecule has 1 aromatic carbocycles. The molecule has 0 fully saturated rings. The van der Waals surface area contributed by atoms with E-state index in [1.54, 1.807) is 5.69 Å². The molecule has 1 nitrogen and oxygen atoms in total. The van der Waals surface area contributed by atoms with Gasteiger partial charge >= 0.3 is 0 Å². The predicted octanol–water partition coefficient (Wildman–Crippen LogP) is 6.92. The number of aryl methyl sites for hydroxylation is 1. The molecule has 0 aliphatic heterocycles. The van der Waals surface area contributed by atoms with Crippen molar-refractivity contribution >= 4 is 5.69 Å². The Bertz CT molecular complexity index is 556. The molecule has 1 atom stereocenters. The number of hydrogen-bond donors (Lipinski definition) is 0. The summed E-state index contributed by atoms with van der Waals surface area (Å²) in [5.41, 5.74) is 4.56. The second-order valence-electron chi connectivity index (χ2n) is 10.1. The van der Waals surface area contributed by atoms with Crippen LogP contribution in [0.25, 0.3) is 0 Å². The van der Waals surface area contributed by atoms with Crippen LogP contribution in [-0.2, 0) is 0 Å². The lowest BCUT2D eigenvalue weighted by molar-refractivity contribution is -0.00000694. The third-order valence-corrected chi connectivity index (χ3v) is 7.57. The monoisotopic (exact) mass is 509 g/mol. The van der Waals surface area contributed by atoms with Crippen LogP contribution in [0, 0.1) is 13.8 Å². The average Bonchev–Trinajstić information content (AvgIpc) is 2.78. The summed E-state index contributed by atoms with van der Waals surface area (Å²) in [6.45, 7) is 15.5. The Morgan fingerprint density at radius 3 is 1.47 bits per heavy atom. The van der Waals surface area contributed by atoms with Gasteiger partial charge in [0, 0.05) is 5.56 Å². The summed E-state index contributed by atoms with van der Waals surface area (Å²) in [7, 11) is 0. The quantitative estimate of drug-likeness (QED) is 0.132. The summed E-state index contributed by atoms with van der Waals surface area (Å²) < 4.78 is 1.19. The maximum absolute atomic E-state index is 2.41. The molecule has 188 valence electrons. The van der Waals surface area contributed by atoms with E-state index in [-0.39, 0.29) is 17.0 Å². The first-order valence-corrected chi connectivity index (χ1v) is 14.0. The molecule has 32 heavy (non-hydrogen) atoms. The Morgan fingerprint density at radius 1 is 0.562 bits per heavy atom. The molecular formula is C30H56BrN. The first kappa shape index (κ1) is 31.7. The molecule has 2 heteroatoms. The van der Waals surface area contributed by atoms with Crippen LogP contribution in [0.4, 0.5) is 5.69 Å². The van der Waals surface area contributed by atoms with E-state index in [1.807, 2.05) is 0 Å². The normalized spacial score (nSPS) is 13.0. The van der Waals surface area contributed by atoms with Gasteiger partial charge in [-0.2, -0.15) is 0 Å². The third kappa shape index (κ3) is 12.2. The lowest BCUT2D eigenvalue weighted by atomic mass is 10.0. The van der Waals surface area contributed by atoms with Gasteiger partial charge in [-0.3, -0.25) is 4.48 Å². The van der Waals surface area contributed by atoms with Gasteiger partial charge in [0.1, 0.15) is 5.69 Å². The van der Waals surface area contributed by atoms with Crippen molar-refractivity contribution in [2.75, 3.05) is 19.6 Å². The highest BCUT2D eigenvalue weighted by atomic mass is 79.9. The van der Waals surface area contributed by atoms with Gasteiger partial charge in [0.25, 0.3) is 0 Å². The maximum Gasteiger partial charge on any atom is 0.136 e. The highest BCUT2D eigenvalue weighted by Crippen LogP contribution is 2.31. The number of rotatable bonds is 20. The van der Waals surface area contributed by atoms with Crippen molar-refractivity contribution < 1.29 is 17.0 Å². The molecule has 0 spiro atoms. The van der Waals surface area contributed by atoms with E-state index in [0.29, 0.717) is 0 Å². The van der Waals surface area contributed by atoms with Crippen molar-refractivity contribution in [1.82, 2.24) is 4.48 Å². The minimum atomic E-state index is 0. The van der Waals surface area contributed by atoms with Gasteiger partial charge in [0.2, 0.25) is 0 Å². The molecule has 0 aliphatic rings. The molecular weight excluding hydrogens is 454 g/mol. The van der Waals surface area contributed by atoms with Gasteiger partial charge < -0.3 is 17.0 Å². The van der Waals surface area contributed by atoms with Gasteiger partial charge in [-0.1, -0.05) is 109 Å². The standard InChI is InChI=1S/C30H56N.BrH/c1-6-9-11-12-13-14-15-16-17-18-19-20-21-22-27-31(8-3,26-10-7-2)30-25-23-24-28(4)29(30)5;/h23-25H,6-22,26-27H2,1-5H3;1H/q+1;/p-1. The van der Waals surface area contributed by atoms with E-state index < -0.39 is 0 Å². The summed E-state index contributed by atoms with van der Waals surface area (Å²) in [5, 5.41) is 0. The summed E-state index contributed by atoms with van der Waals surface area (Å²) in [6, 6.07) is 6.96. The van der Waals surface area contributed by atoms with Gasteiger partial charge in [0.05, 0.1) is 19.6 Å². The van der Waals surface area contributed by atoms with Gasteiger partial charge in [0.15, 0.2) is 0 Å². The average molecular weight is 511 g/mol. The highest BCUT2D eigenvalue weighted by molar-refractivity contribution is 5.53. The Balaban J connectivity index is 0.00000961. The van der Waals surface area contributed by atoms with Crippen molar-refractivity contribution in [3.8, 4) is 0 Å². The minimum Gasteiger partial charge on any atom is -1.00 e. The number of halogens is 1. The van der Waals surface area contributed by atoms with E-state index in [0.717, 1.165) is 0 Å². The number of hydrogen-bond acceptors (Lipinski definition) is 0. The van der Waals surface area contributed by atoms with Crippen LogP contribution in [0.5, 0.6) is 0 Å². The Morgan fingerprint density at radius 2 is 1.00 bits per heavy atom. The fourth-order valence-electron chi connectivity index (χ4n) is 5.16. The highest BCUT2D eigenvalue weighted by Gasteiger charge is 2.29. The second-order valence-corrected chi connectivity index (χ2v) is 10.1. The zero-order valence-electron chi connectivity index (χ0n) is 22.5. The van der Waals surface area contributed by atoms with Crippen LogP contribution in [0.1, 0.15) is 135 Å². The van der Waals surface area contributed by atoms with Crippen molar-refractivity contribution in [2.24, 2.45) is 0 Å². The molecule has 1 unspecified atom stereocenters. The lowest BCUT2D eigenvalue weighted by Gasteiger charge is -2.39. The Labute approximate surface area is 213 Å². The van der Waals surface area contributed by atoms with Gasteiger partial charge in [-0.25, -0.2) is 0 Å². The summed E-state index contributed by atoms with van der Waals surface area (Å²) >= 11 is 0. The van der Waals surface area contributed by atoms with E-state index in [9.17, 15) is 0 Å². The van der Waals surface area contributed by atoms with E-state index in [4.69, 9.17) is 0 Å². The Hall–Kier alpha value is -0.340. The zero-order valence-corrected chi connectivity index (χ0v) is 24.1. The molecule has 0 saturated heterocycles. The minimum absolute atomic E-state index is 0. The number of benzene rings is 1. The largest absolute Gasteiger partial charge is 1.00 e. The molecule has 0 aromatic heterocycles. The molecule has 1 aromatic rings. The van der Waals surface area contributed by atoms with E-state index in [1.165, 1.54) is 138 Å². The van der Waals surface area contributed by atoms with E-state index >= 15 is 0 Å². The second kappa shape index (κ2) is 20.1. The topological polar surface area (TPSA) is 0 Å². The van der Waals surface area contributed by atoms with Crippen molar-refractivity contribution in [3.63, 3.8) is 0 Å². The summed E-state index contributed by atoms with van der Waals surface area (Å²) in [4.78, 5) is 0. The molecule has 0 aliphatic carbocycles. The summed E-state index contributed by atoms with van der Waals surface area (Å²) in [5.74, 6) is 0. The molecule has 0 amide bonds. The zero-order chi connectivity index (χ0) is 22.8. The molecule has 0 N–H and O–H groups in total. The third-order valence-electron chi connectivity index (χ3n) is 7.57. The first-order chi connectivity index (χ1) is 15.1. The van der Waals surface area contributed by atoms with Gasteiger partial charge in [-0.15, -0.1) is 0 Å². The Kier molecular flexibility index (Phi) is 19.9. The lowest BCUT2D eigenvalue weighted by Crippen LogP contribution is -3.00. The predicted molar refractivity (Wildman–Crippen MR) is 143 cm³/mol. The van der Waals surface area contributed by atoms with Crippen LogP contribution in [0.15, 0.2) is 18.2 Å². The molecule has 1 rings (SSSR count). The fraction of sp³-hybridized carbons (Fsp3) is 0.800. The van der Waals surface area contributed by atoms with Gasteiger partial charge in [-0.05, 0) is 51.7 Å².